The van der Waals surface area contributed by atoms with Crippen molar-refractivity contribution in [2.24, 2.45) is 0 Å². The lowest BCUT2D eigenvalue weighted by Crippen LogP contribution is -2.43. The zero-order valence-electron chi connectivity index (χ0n) is 11.1. The molecule has 0 aliphatic rings. The third-order valence-electron chi connectivity index (χ3n) is 2.34. The number of rotatable bonds is 9. The Morgan fingerprint density at radius 1 is 1.44 bits per heavy atom. The van der Waals surface area contributed by atoms with Gasteiger partial charge >= 0.3 is 12.0 Å². The van der Waals surface area contributed by atoms with Gasteiger partial charge in [0, 0.05) is 33.9 Å². The van der Waals surface area contributed by atoms with Gasteiger partial charge in [0.05, 0.1) is 19.1 Å². The van der Waals surface area contributed by atoms with Crippen LogP contribution in [0.25, 0.3) is 0 Å². The quantitative estimate of drug-likeness (QED) is 0.578. The molecule has 18 heavy (non-hydrogen) atoms. The van der Waals surface area contributed by atoms with Crippen LogP contribution < -0.4 is 5.32 Å². The first kappa shape index (κ1) is 16.7. The molecular weight excluding hydrogens is 240 g/mol. The Morgan fingerprint density at radius 2 is 2.11 bits per heavy atom. The molecular formula is C11H22N2O5. The van der Waals surface area contributed by atoms with E-state index < -0.39 is 12.1 Å². The molecule has 0 aromatic carbocycles. The highest BCUT2D eigenvalue weighted by atomic mass is 16.5. The average molecular weight is 262 g/mol. The molecule has 2 amide bonds. The molecule has 0 saturated heterocycles. The number of carbonyl (C=O) groups excluding carboxylic acids is 1. The van der Waals surface area contributed by atoms with Gasteiger partial charge in [-0.1, -0.05) is 0 Å². The van der Waals surface area contributed by atoms with Crippen molar-refractivity contribution in [2.75, 3.05) is 40.5 Å². The zero-order chi connectivity index (χ0) is 14.0. The molecule has 0 aliphatic heterocycles. The number of likely N-dealkylation sites (N-methyl/N-ethyl adjacent to an activating group) is 1. The maximum atomic E-state index is 11.6. The van der Waals surface area contributed by atoms with Crippen LogP contribution in [0, 0.1) is 0 Å². The molecule has 0 fully saturated rings. The van der Waals surface area contributed by atoms with Crippen LogP contribution in [0.4, 0.5) is 4.79 Å². The predicted octanol–water partition coefficient (Wildman–Crippen LogP) is 0.154. The first-order chi connectivity index (χ1) is 8.51. The summed E-state index contributed by atoms with van der Waals surface area (Å²) in [4.78, 5) is 23.6. The van der Waals surface area contributed by atoms with Crippen molar-refractivity contribution in [3.8, 4) is 0 Å². The lowest BCUT2D eigenvalue weighted by Gasteiger charge is -2.20. The Bertz CT molecular complexity index is 260. The Kier molecular flexibility index (Phi) is 8.95. The molecule has 106 valence electrons. The van der Waals surface area contributed by atoms with Gasteiger partial charge in [-0.2, -0.15) is 0 Å². The van der Waals surface area contributed by atoms with E-state index in [1.807, 2.05) is 6.92 Å². The van der Waals surface area contributed by atoms with Gasteiger partial charge in [0.15, 0.2) is 0 Å². The summed E-state index contributed by atoms with van der Waals surface area (Å²) >= 11 is 0. The molecule has 0 saturated carbocycles. The summed E-state index contributed by atoms with van der Waals surface area (Å²) in [6, 6.07) is -0.276. The van der Waals surface area contributed by atoms with E-state index in [2.05, 4.69) is 5.32 Å². The third kappa shape index (κ3) is 7.86. The Morgan fingerprint density at radius 3 is 2.61 bits per heavy atom. The largest absolute Gasteiger partial charge is 0.481 e. The second-order valence-electron chi connectivity index (χ2n) is 3.76. The van der Waals surface area contributed by atoms with Crippen molar-refractivity contribution in [2.45, 2.75) is 19.4 Å². The van der Waals surface area contributed by atoms with E-state index in [-0.39, 0.29) is 19.0 Å². The van der Waals surface area contributed by atoms with E-state index in [1.165, 1.54) is 12.0 Å². The predicted molar refractivity (Wildman–Crippen MR) is 65.6 cm³/mol. The van der Waals surface area contributed by atoms with Crippen LogP contribution in [0.2, 0.25) is 0 Å². The third-order valence-corrected chi connectivity index (χ3v) is 2.34. The summed E-state index contributed by atoms with van der Waals surface area (Å²) in [6.07, 6.45) is -0.661. The molecule has 0 aliphatic carbocycles. The monoisotopic (exact) mass is 262 g/mol. The number of methoxy groups -OCH3 is 1. The van der Waals surface area contributed by atoms with E-state index in [1.54, 1.807) is 7.05 Å². The van der Waals surface area contributed by atoms with Crippen LogP contribution in [0.1, 0.15) is 13.3 Å². The maximum Gasteiger partial charge on any atom is 0.317 e. The van der Waals surface area contributed by atoms with E-state index in [0.29, 0.717) is 19.8 Å². The van der Waals surface area contributed by atoms with Gasteiger partial charge in [0.2, 0.25) is 0 Å². The van der Waals surface area contributed by atoms with Crippen molar-refractivity contribution in [3.63, 3.8) is 0 Å². The highest BCUT2D eigenvalue weighted by Crippen LogP contribution is 1.96. The van der Waals surface area contributed by atoms with Crippen LogP contribution in [-0.4, -0.2) is 68.6 Å². The van der Waals surface area contributed by atoms with Gasteiger partial charge < -0.3 is 24.8 Å². The number of carboxylic acid groups (broad SMARTS) is 1. The summed E-state index contributed by atoms with van der Waals surface area (Å²) in [5.74, 6) is -0.958. The molecule has 0 radical (unpaired) electrons. The number of ether oxygens (including phenoxy) is 2. The fraction of sp³-hybridized carbons (Fsp3) is 0.818. The molecule has 0 rings (SSSR count). The molecule has 2 N–H and O–H groups in total. The SMILES string of the molecule is CCOCCN(C)C(=O)NCC(CC(=O)O)OC. The van der Waals surface area contributed by atoms with Gasteiger partial charge in [-0.15, -0.1) is 0 Å². The van der Waals surface area contributed by atoms with Crippen LogP contribution in [0.5, 0.6) is 0 Å². The van der Waals surface area contributed by atoms with Crippen LogP contribution in [-0.2, 0) is 14.3 Å². The number of nitrogens with one attached hydrogen (secondary N) is 1. The maximum absolute atomic E-state index is 11.6. The Labute approximate surface area is 107 Å². The van der Waals surface area contributed by atoms with Crippen molar-refractivity contribution in [1.82, 2.24) is 10.2 Å². The summed E-state index contributed by atoms with van der Waals surface area (Å²) < 4.78 is 10.1. The minimum absolute atomic E-state index is 0.139. The molecule has 0 aromatic heterocycles. The second-order valence-corrected chi connectivity index (χ2v) is 3.76. The molecule has 7 heteroatoms. The van der Waals surface area contributed by atoms with Gasteiger partial charge in [-0.25, -0.2) is 4.79 Å². The number of aliphatic carboxylic acids is 1. The minimum Gasteiger partial charge on any atom is -0.481 e. The van der Waals surface area contributed by atoms with Crippen molar-refractivity contribution in [3.05, 3.63) is 0 Å². The normalized spacial score (nSPS) is 11.9. The Hall–Kier alpha value is -1.34. The average Bonchev–Trinajstić information content (AvgIpc) is 2.33. The smallest absolute Gasteiger partial charge is 0.317 e. The number of urea groups is 1. The molecule has 0 heterocycles. The summed E-state index contributed by atoms with van der Waals surface area (Å²) in [5, 5.41) is 11.2. The summed E-state index contributed by atoms with van der Waals surface area (Å²) in [6.45, 7) is 3.62. The minimum atomic E-state index is -0.958. The Balaban J connectivity index is 3.88. The topological polar surface area (TPSA) is 88.1 Å². The summed E-state index contributed by atoms with van der Waals surface area (Å²) in [7, 11) is 3.06. The molecule has 1 unspecified atom stereocenters. The fourth-order valence-corrected chi connectivity index (χ4v) is 1.22. The van der Waals surface area contributed by atoms with E-state index in [9.17, 15) is 9.59 Å². The first-order valence-corrected chi connectivity index (χ1v) is 5.82. The highest BCUT2D eigenvalue weighted by molar-refractivity contribution is 5.74. The molecule has 0 aromatic rings. The van der Waals surface area contributed by atoms with Gasteiger partial charge in [0.25, 0.3) is 0 Å². The highest BCUT2D eigenvalue weighted by Gasteiger charge is 2.15. The number of nitrogens with zero attached hydrogens (tertiary/aromatic N) is 1. The number of amides is 2. The molecule has 0 spiro atoms. The molecule has 7 nitrogen and oxygen atoms in total. The number of hydrogen-bond acceptors (Lipinski definition) is 4. The summed E-state index contributed by atoms with van der Waals surface area (Å²) in [5.41, 5.74) is 0. The van der Waals surface area contributed by atoms with E-state index >= 15 is 0 Å². The van der Waals surface area contributed by atoms with Gasteiger partial charge in [-0.05, 0) is 6.92 Å². The van der Waals surface area contributed by atoms with Gasteiger partial charge in [0.1, 0.15) is 0 Å². The number of carbonyl (C=O) groups is 2. The fourth-order valence-electron chi connectivity index (χ4n) is 1.22. The van der Waals surface area contributed by atoms with Crippen LogP contribution in [0.3, 0.4) is 0 Å². The van der Waals surface area contributed by atoms with E-state index in [4.69, 9.17) is 14.6 Å². The van der Waals surface area contributed by atoms with Gasteiger partial charge in [-0.3, -0.25) is 4.79 Å². The molecule has 0 bridgehead atoms. The van der Waals surface area contributed by atoms with Crippen molar-refractivity contribution >= 4 is 12.0 Å². The second kappa shape index (κ2) is 9.67. The van der Waals surface area contributed by atoms with Crippen LogP contribution >= 0.6 is 0 Å². The van der Waals surface area contributed by atoms with Crippen molar-refractivity contribution < 1.29 is 24.2 Å². The van der Waals surface area contributed by atoms with Crippen LogP contribution in [0.15, 0.2) is 0 Å². The lowest BCUT2D eigenvalue weighted by atomic mass is 10.2. The standard InChI is InChI=1S/C11H22N2O5/c1-4-18-6-5-13(2)11(16)12-8-9(17-3)7-10(14)15/h9H,4-8H2,1-3H3,(H,12,16)(H,14,15). The first-order valence-electron chi connectivity index (χ1n) is 5.82. The molecule has 1 atom stereocenters. The number of carboxylic acids is 1. The number of hydrogen-bond donors (Lipinski definition) is 2. The lowest BCUT2D eigenvalue weighted by molar-refractivity contribution is -0.139. The van der Waals surface area contributed by atoms with Crippen molar-refractivity contribution in [1.29, 1.82) is 0 Å². The zero-order valence-corrected chi connectivity index (χ0v) is 11.1. The van der Waals surface area contributed by atoms with E-state index in [0.717, 1.165) is 0 Å².